The Morgan fingerprint density at radius 1 is 1.31 bits per heavy atom. The Hall–Kier alpha value is -3.32. The molecule has 6 heteroatoms. The summed E-state index contributed by atoms with van der Waals surface area (Å²) in [4.78, 5) is 4.66. The molecule has 0 unspecified atom stereocenters. The standard InChI is InChI=1S/C21H14B2N3O.C2H6/c1-4-6-15-14(5-2)25-21-17-18(22)12-8-7-11(3)9-16(12)27-19(17)13(10-24)20(23)26(15)21;1-2/h4-9H,2H2,1,3H3;1-2H3/b6-4-;. The van der Waals surface area contributed by atoms with E-state index in [1.165, 1.54) is 0 Å². The fraction of sp³-hybridized carbons (Fsp3) is 0.174. The molecule has 0 amide bonds. The number of nitrogens with zero attached hydrogens (tertiary/aromatic N) is 3. The van der Waals surface area contributed by atoms with Crippen molar-refractivity contribution in [2.75, 3.05) is 0 Å². The molecule has 3 radical (unpaired) electrons. The number of benzene rings is 1. The third kappa shape index (κ3) is 3.03. The van der Waals surface area contributed by atoms with Gasteiger partial charge in [-0.15, -0.1) is 0 Å². The molecule has 0 saturated carbocycles. The summed E-state index contributed by atoms with van der Waals surface area (Å²) in [6.07, 6.45) is 5.40. The van der Waals surface area contributed by atoms with E-state index >= 15 is 0 Å². The van der Waals surface area contributed by atoms with Crippen LogP contribution in [-0.2, 0) is 0 Å². The minimum atomic E-state index is 0.228. The molecule has 2 aromatic heterocycles. The van der Waals surface area contributed by atoms with Crippen LogP contribution >= 0.6 is 0 Å². The Labute approximate surface area is 173 Å². The SMILES string of the molecule is CC.[B]C1=c2c(c(C#N)c(=[B])n3c(/C=C\C)c(C=C)nc23)Oc2cc(C)ccc21. The molecule has 0 saturated heterocycles. The molecule has 139 valence electrons. The van der Waals surface area contributed by atoms with Gasteiger partial charge in [0, 0.05) is 0 Å². The maximum atomic E-state index is 9.78. The van der Waals surface area contributed by atoms with E-state index in [0.29, 0.717) is 33.5 Å². The van der Waals surface area contributed by atoms with Gasteiger partial charge in [0.05, 0.1) is 0 Å². The molecule has 4 rings (SSSR count). The molecule has 1 aliphatic rings. The summed E-state index contributed by atoms with van der Waals surface area (Å²) in [5.41, 5.74) is 4.45. The van der Waals surface area contributed by atoms with Crippen molar-refractivity contribution in [2.45, 2.75) is 27.7 Å². The van der Waals surface area contributed by atoms with Gasteiger partial charge in [-0.25, -0.2) is 0 Å². The van der Waals surface area contributed by atoms with Crippen LogP contribution in [0.2, 0.25) is 0 Å². The summed E-state index contributed by atoms with van der Waals surface area (Å²) in [6, 6.07) is 7.92. The number of ether oxygens (including phenoxy) is 1. The summed E-state index contributed by atoms with van der Waals surface area (Å²) < 4.78 is 7.81. The van der Waals surface area contributed by atoms with Crippen LogP contribution in [0.3, 0.4) is 0 Å². The predicted molar refractivity (Wildman–Crippen MR) is 120 cm³/mol. The third-order valence-corrected chi connectivity index (χ3v) is 4.65. The van der Waals surface area contributed by atoms with Crippen LogP contribution < -0.4 is 9.96 Å². The molecule has 4 nitrogen and oxygen atoms in total. The number of hydrogen-bond donors (Lipinski definition) is 0. The van der Waals surface area contributed by atoms with E-state index in [-0.39, 0.29) is 10.8 Å². The summed E-state index contributed by atoms with van der Waals surface area (Å²) in [5.74, 6) is 0.940. The normalized spacial score (nSPS) is 11.9. The van der Waals surface area contributed by atoms with Crippen LogP contribution in [0.15, 0.2) is 30.9 Å². The van der Waals surface area contributed by atoms with Gasteiger partial charge in [0.15, 0.2) is 0 Å². The molecule has 0 fully saturated rings. The summed E-state index contributed by atoms with van der Waals surface area (Å²) in [5, 5.41) is 10.6. The van der Waals surface area contributed by atoms with Crippen molar-refractivity contribution in [3.63, 3.8) is 0 Å². The van der Waals surface area contributed by atoms with Gasteiger partial charge < -0.3 is 0 Å². The Kier molecular flexibility index (Phi) is 5.61. The van der Waals surface area contributed by atoms with Crippen LogP contribution in [0.1, 0.15) is 48.8 Å². The Morgan fingerprint density at radius 3 is 2.66 bits per heavy atom. The van der Waals surface area contributed by atoms with E-state index in [4.69, 9.17) is 20.1 Å². The number of imidazole rings is 1. The van der Waals surface area contributed by atoms with Crippen LogP contribution in [0.5, 0.6) is 11.5 Å². The molecule has 3 heterocycles. The zero-order chi connectivity index (χ0) is 21.3. The van der Waals surface area contributed by atoms with E-state index in [0.717, 1.165) is 16.8 Å². The molecule has 0 N–H and O–H groups in total. The van der Waals surface area contributed by atoms with Gasteiger partial charge in [-0.3, -0.25) is 0 Å². The first kappa shape index (κ1) is 20.4. The zero-order valence-corrected chi connectivity index (χ0v) is 17.1. The number of pyridine rings is 1. The van der Waals surface area contributed by atoms with Gasteiger partial charge in [-0.05, 0) is 0 Å². The van der Waals surface area contributed by atoms with Crippen molar-refractivity contribution in [1.29, 1.82) is 5.26 Å². The van der Waals surface area contributed by atoms with Crippen LogP contribution in [0, 0.1) is 23.5 Å². The van der Waals surface area contributed by atoms with E-state index in [1.807, 2.05) is 58.0 Å². The topological polar surface area (TPSA) is 50.3 Å². The van der Waals surface area contributed by atoms with Gasteiger partial charge in [-0.2, -0.15) is 0 Å². The number of allylic oxidation sites excluding steroid dienone is 1. The average Bonchev–Trinajstić information content (AvgIpc) is 3.08. The van der Waals surface area contributed by atoms with Crippen molar-refractivity contribution in [3.05, 3.63) is 69.4 Å². The molecule has 1 aromatic carbocycles. The number of nitriles is 1. The molecular formula is C23H20B2N3O. The number of rotatable bonds is 2. The summed E-state index contributed by atoms with van der Waals surface area (Å²) in [7, 11) is 12.9. The quantitative estimate of drug-likeness (QED) is 0.634. The van der Waals surface area contributed by atoms with Crippen LogP contribution in [-0.4, -0.2) is 24.7 Å². The third-order valence-electron chi connectivity index (χ3n) is 4.65. The first-order chi connectivity index (χ1) is 14.0. The second-order valence-corrected chi connectivity index (χ2v) is 6.34. The van der Waals surface area contributed by atoms with E-state index < -0.39 is 0 Å². The predicted octanol–water partition coefficient (Wildman–Crippen LogP) is 4.07. The van der Waals surface area contributed by atoms with Gasteiger partial charge in [0.2, 0.25) is 0 Å². The Morgan fingerprint density at radius 2 is 2.03 bits per heavy atom. The van der Waals surface area contributed by atoms with Crippen molar-refractivity contribution < 1.29 is 4.74 Å². The van der Waals surface area contributed by atoms with Gasteiger partial charge in [0.1, 0.15) is 0 Å². The molecule has 1 aliphatic heterocycles. The van der Waals surface area contributed by atoms with Gasteiger partial charge in [0.25, 0.3) is 0 Å². The second kappa shape index (κ2) is 7.97. The van der Waals surface area contributed by atoms with Crippen molar-refractivity contribution in [1.82, 2.24) is 9.38 Å². The summed E-state index contributed by atoms with van der Waals surface area (Å²) >= 11 is 0. The average molecular weight is 376 g/mol. The van der Waals surface area contributed by atoms with E-state index in [9.17, 15) is 5.26 Å². The molecule has 3 aromatic rings. The number of fused-ring (bicyclic) bond motifs is 4. The fourth-order valence-electron chi connectivity index (χ4n) is 3.42. The van der Waals surface area contributed by atoms with Crippen molar-refractivity contribution in [3.8, 4) is 17.6 Å². The molecule has 0 atom stereocenters. The first-order valence-corrected chi connectivity index (χ1v) is 9.46. The molecule has 0 bridgehead atoms. The minimum absolute atomic E-state index is 0.228. The van der Waals surface area contributed by atoms with E-state index in [1.54, 1.807) is 10.5 Å². The van der Waals surface area contributed by atoms with Crippen molar-refractivity contribution >= 4 is 38.6 Å². The fourth-order valence-corrected chi connectivity index (χ4v) is 3.42. The Bertz CT molecular complexity index is 1330. The monoisotopic (exact) mass is 376 g/mol. The van der Waals surface area contributed by atoms with Gasteiger partial charge in [-0.1, -0.05) is 13.8 Å². The zero-order valence-electron chi connectivity index (χ0n) is 17.1. The first-order valence-electron chi connectivity index (χ1n) is 9.46. The van der Waals surface area contributed by atoms with E-state index in [2.05, 4.69) is 17.6 Å². The van der Waals surface area contributed by atoms with Gasteiger partial charge >= 0.3 is 159 Å². The number of aromatic nitrogens is 2. The molecular weight excluding hydrogens is 356 g/mol. The number of hydrogen-bond acceptors (Lipinski definition) is 3. The number of aryl methyl sites for hydroxylation is 1. The van der Waals surface area contributed by atoms with Crippen molar-refractivity contribution in [2.24, 2.45) is 0 Å². The molecule has 0 aliphatic carbocycles. The molecule has 0 spiro atoms. The summed E-state index contributed by atoms with van der Waals surface area (Å²) in [6.45, 7) is 11.7. The maximum absolute atomic E-state index is 9.78. The van der Waals surface area contributed by atoms with Crippen LogP contribution in [0.25, 0.3) is 23.3 Å². The second-order valence-electron chi connectivity index (χ2n) is 6.34. The molecule has 29 heavy (non-hydrogen) atoms. The van der Waals surface area contributed by atoms with Crippen LogP contribution in [0.4, 0.5) is 0 Å². The Balaban J connectivity index is 0.00000117.